The first kappa shape index (κ1) is 56.3. The highest BCUT2D eigenvalue weighted by molar-refractivity contribution is 5.94. The number of carbonyl (C=O) groups is 7. The van der Waals surface area contributed by atoms with Crippen LogP contribution in [0, 0.1) is 36.4 Å². The molecule has 0 radical (unpaired) electrons. The predicted octanol–water partition coefficient (Wildman–Crippen LogP) is 5.07. The van der Waals surface area contributed by atoms with Crippen LogP contribution in [0.5, 0.6) is 0 Å². The van der Waals surface area contributed by atoms with Crippen LogP contribution in [0.1, 0.15) is 114 Å². The van der Waals surface area contributed by atoms with Gasteiger partial charge in [0.2, 0.25) is 29.5 Å². The Morgan fingerprint density at radius 1 is 0.780 bits per heavy atom. The Balaban J connectivity index is 0. The quantitative estimate of drug-likeness (QED) is 0.0973. The highest BCUT2D eigenvalue weighted by Gasteiger charge is 2.29. The van der Waals surface area contributed by atoms with E-state index in [0.29, 0.717) is 23.8 Å². The van der Waals surface area contributed by atoms with Gasteiger partial charge in [-0.05, 0) is 82.8 Å². The molecule has 0 heterocycles. The summed E-state index contributed by atoms with van der Waals surface area (Å²) < 4.78 is 17.2. The first-order valence-corrected chi connectivity index (χ1v) is 20.6. The summed E-state index contributed by atoms with van der Waals surface area (Å²) >= 11 is 0. The number of ether oxygens (including phenoxy) is 1. The molecular formula is C44H75FN6O8. The summed E-state index contributed by atoms with van der Waals surface area (Å²) in [5, 5.41) is 7.52. The van der Waals surface area contributed by atoms with Crippen molar-refractivity contribution in [3.8, 4) is 0 Å². The van der Waals surface area contributed by atoms with Gasteiger partial charge in [-0.2, -0.15) is 0 Å². The Bertz CT molecular complexity index is 1480. The number of allylic oxidation sites excluding steroid dienone is 1. The maximum Gasteiger partial charge on any atom is 0.333 e. The third-order valence-corrected chi connectivity index (χ3v) is 9.18. The van der Waals surface area contributed by atoms with Crippen molar-refractivity contribution in [3.63, 3.8) is 0 Å². The number of primary amides is 1. The number of likely N-dealkylation sites (N-methyl/N-ethyl adjacent to an activating group) is 2. The molecule has 6 atom stereocenters. The SMILES string of the molecule is CC(C)C.CCC(C)C(NC(=O)CN(C)C(=O)CN(C)C(=O)C(C)NC(=O)COC(=O)/C(C)=C/CCC(C)C[C@@H](C)CC)C(=O)N[C@H](C)C(N)=O.Cc1ccc(F)cc1. The molecule has 0 aliphatic rings. The monoisotopic (exact) mass is 835 g/mol. The van der Waals surface area contributed by atoms with Crippen molar-refractivity contribution in [2.75, 3.05) is 33.8 Å². The van der Waals surface area contributed by atoms with Crippen LogP contribution in [0.25, 0.3) is 0 Å². The maximum atomic E-state index is 12.8. The van der Waals surface area contributed by atoms with E-state index in [2.05, 4.69) is 57.5 Å². The lowest BCUT2D eigenvalue weighted by Gasteiger charge is -2.27. The molecule has 0 bridgehead atoms. The minimum absolute atomic E-state index is 0.171. The van der Waals surface area contributed by atoms with Gasteiger partial charge in [-0.15, -0.1) is 0 Å². The van der Waals surface area contributed by atoms with Crippen LogP contribution < -0.4 is 21.7 Å². The molecule has 0 aliphatic heterocycles. The highest BCUT2D eigenvalue weighted by Crippen LogP contribution is 2.19. The molecule has 59 heavy (non-hydrogen) atoms. The molecule has 0 saturated carbocycles. The van der Waals surface area contributed by atoms with E-state index in [1.807, 2.05) is 13.8 Å². The van der Waals surface area contributed by atoms with Gasteiger partial charge in [-0.3, -0.25) is 28.8 Å². The zero-order valence-electron chi connectivity index (χ0n) is 38.2. The maximum absolute atomic E-state index is 12.8. The third kappa shape index (κ3) is 26.7. The number of nitrogens with two attached hydrogens (primary N) is 1. The largest absolute Gasteiger partial charge is 0.452 e. The molecule has 336 valence electrons. The Morgan fingerprint density at radius 2 is 1.34 bits per heavy atom. The average molecular weight is 835 g/mol. The minimum Gasteiger partial charge on any atom is -0.452 e. The summed E-state index contributed by atoms with van der Waals surface area (Å²) in [6.45, 7) is 21.8. The zero-order valence-corrected chi connectivity index (χ0v) is 38.2. The average Bonchev–Trinajstić information content (AvgIpc) is 3.15. The minimum atomic E-state index is -1.02. The lowest BCUT2D eigenvalue weighted by Crippen LogP contribution is -2.56. The highest BCUT2D eigenvalue weighted by atomic mass is 19.1. The van der Waals surface area contributed by atoms with Crippen LogP contribution in [0.2, 0.25) is 0 Å². The number of aryl methyl sites for hydroxylation is 1. The number of carbonyl (C=O) groups excluding carboxylic acids is 7. The zero-order chi connectivity index (χ0) is 46.0. The molecule has 1 aromatic carbocycles. The summed E-state index contributed by atoms with van der Waals surface area (Å²) in [6, 6.07) is 3.49. The van der Waals surface area contributed by atoms with Crippen molar-refractivity contribution in [2.45, 2.75) is 133 Å². The number of rotatable bonds is 21. The molecule has 0 saturated heterocycles. The van der Waals surface area contributed by atoms with Crippen LogP contribution in [0.3, 0.4) is 0 Å². The first-order chi connectivity index (χ1) is 27.4. The lowest BCUT2D eigenvalue weighted by molar-refractivity contribution is -0.146. The van der Waals surface area contributed by atoms with Crippen LogP contribution >= 0.6 is 0 Å². The van der Waals surface area contributed by atoms with E-state index in [9.17, 15) is 38.0 Å². The summed E-state index contributed by atoms with van der Waals surface area (Å²) in [5.41, 5.74) is 6.71. The number of amides is 6. The van der Waals surface area contributed by atoms with E-state index in [4.69, 9.17) is 10.5 Å². The fraction of sp³-hybridized carbons (Fsp3) is 0.659. The summed E-state index contributed by atoms with van der Waals surface area (Å²) in [5.74, 6) is -2.75. The molecule has 4 unspecified atom stereocenters. The number of esters is 1. The Morgan fingerprint density at radius 3 is 1.83 bits per heavy atom. The number of hydrogen-bond acceptors (Lipinski definition) is 8. The standard InChI is InChI=1S/C33H58N6O8.C7H7F.C4H10/c1-11-20(3)16-21(4)14-13-15-23(6)33(46)47-19-27(41)35-25(8)32(45)39(10)18-28(42)38(9)17-26(40)37-29(22(5)12-2)31(44)36-24(7)30(34)43;1-6-2-4-7(8)5-3-6;1-4(2)3/h15,20-22,24-25,29H,11-14,16-19H2,1-10H3,(H2,34,43)(H,35,41)(H,36,44)(H,37,40);2-5H,1H3;4H,1-3H3/b23-15+;;/t20-,21?,22?,24+,25?,29?;;/m0../s1. The van der Waals surface area contributed by atoms with Gasteiger partial charge in [-0.1, -0.05) is 92.0 Å². The topological polar surface area (TPSA) is 197 Å². The normalized spacial score (nSPS) is 13.9. The van der Waals surface area contributed by atoms with Gasteiger partial charge in [0, 0.05) is 19.7 Å². The summed E-state index contributed by atoms with van der Waals surface area (Å²) in [6.07, 6.45) is 6.30. The fourth-order valence-electron chi connectivity index (χ4n) is 5.09. The molecule has 0 aliphatic carbocycles. The van der Waals surface area contributed by atoms with E-state index >= 15 is 0 Å². The molecule has 0 aromatic heterocycles. The summed E-state index contributed by atoms with van der Waals surface area (Å²) in [4.78, 5) is 89.1. The third-order valence-electron chi connectivity index (χ3n) is 9.18. The molecule has 6 amide bonds. The number of halogens is 1. The van der Waals surface area contributed by atoms with Crippen molar-refractivity contribution in [2.24, 2.45) is 29.4 Å². The first-order valence-electron chi connectivity index (χ1n) is 20.6. The lowest BCUT2D eigenvalue weighted by atomic mass is 9.92. The van der Waals surface area contributed by atoms with Crippen molar-refractivity contribution in [1.82, 2.24) is 25.8 Å². The molecule has 1 rings (SSSR count). The molecule has 0 fully saturated rings. The predicted molar refractivity (Wildman–Crippen MR) is 230 cm³/mol. The van der Waals surface area contributed by atoms with Crippen molar-refractivity contribution in [3.05, 3.63) is 47.3 Å². The Labute approximate surface area is 353 Å². The second-order valence-corrected chi connectivity index (χ2v) is 16.2. The van der Waals surface area contributed by atoms with Crippen molar-refractivity contribution < 1.29 is 42.7 Å². The van der Waals surface area contributed by atoms with Crippen molar-refractivity contribution >= 4 is 41.4 Å². The van der Waals surface area contributed by atoms with E-state index in [0.717, 1.165) is 47.0 Å². The van der Waals surface area contributed by atoms with Gasteiger partial charge < -0.3 is 36.2 Å². The molecular weight excluding hydrogens is 760 g/mol. The van der Waals surface area contributed by atoms with E-state index < -0.39 is 72.7 Å². The Hall–Kier alpha value is -4.82. The van der Waals surface area contributed by atoms with Gasteiger partial charge >= 0.3 is 5.97 Å². The van der Waals surface area contributed by atoms with Crippen LogP contribution in [-0.4, -0.2) is 103 Å². The molecule has 14 nitrogen and oxygen atoms in total. The van der Waals surface area contributed by atoms with Crippen LogP contribution in [0.15, 0.2) is 35.9 Å². The van der Waals surface area contributed by atoms with Gasteiger partial charge in [0.05, 0.1) is 13.1 Å². The van der Waals surface area contributed by atoms with Crippen LogP contribution in [-0.2, 0) is 38.3 Å². The molecule has 15 heteroatoms. The fourth-order valence-corrected chi connectivity index (χ4v) is 5.09. The van der Waals surface area contributed by atoms with Gasteiger partial charge in [0.25, 0.3) is 5.91 Å². The number of benzene rings is 1. The number of nitrogens with zero attached hydrogens (tertiary/aromatic N) is 2. The van der Waals surface area contributed by atoms with Gasteiger partial charge in [0.15, 0.2) is 6.61 Å². The molecule has 0 spiro atoms. The summed E-state index contributed by atoms with van der Waals surface area (Å²) in [7, 11) is 2.75. The molecule has 5 N–H and O–H groups in total. The van der Waals surface area contributed by atoms with E-state index in [1.165, 1.54) is 40.1 Å². The Kier molecular flexibility index (Phi) is 28.9. The smallest absolute Gasteiger partial charge is 0.333 e. The van der Waals surface area contributed by atoms with Crippen molar-refractivity contribution in [1.29, 1.82) is 0 Å². The van der Waals surface area contributed by atoms with Gasteiger partial charge in [-0.25, -0.2) is 9.18 Å². The van der Waals surface area contributed by atoms with Crippen LogP contribution in [0.4, 0.5) is 4.39 Å². The molecule has 1 aromatic rings. The van der Waals surface area contributed by atoms with E-state index in [1.54, 1.807) is 32.1 Å². The number of hydrogen-bond donors (Lipinski definition) is 4. The second kappa shape index (κ2) is 30.3. The second-order valence-electron chi connectivity index (χ2n) is 16.2. The van der Waals surface area contributed by atoms with E-state index in [-0.39, 0.29) is 18.3 Å². The number of nitrogens with one attached hydrogen (secondary N) is 3. The van der Waals surface area contributed by atoms with Gasteiger partial charge in [0.1, 0.15) is 23.9 Å².